The zero-order chi connectivity index (χ0) is 9.30. The van der Waals surface area contributed by atoms with Crippen LogP contribution in [0.15, 0.2) is 12.1 Å². The van der Waals surface area contributed by atoms with Crippen molar-refractivity contribution in [3.05, 3.63) is 33.1 Å². The average Bonchev–Trinajstić information content (AvgIpc) is 1.96. The largest absolute Gasteiger partial charge is 0.505 e. The Labute approximate surface area is 120 Å². The first-order valence-corrected chi connectivity index (χ1v) is 3.22. The molecule has 0 aromatic heterocycles. The average molecular weight is 231 g/mol. The van der Waals surface area contributed by atoms with Gasteiger partial charge in [0.05, 0.1) is 11.0 Å². The minimum Gasteiger partial charge on any atom is -0.505 e. The fourth-order valence-electron chi connectivity index (χ4n) is 0.666. The third-order valence-electron chi connectivity index (χ3n) is 1.21. The molecule has 0 bridgehead atoms. The maximum absolute atomic E-state index is 12.5. The van der Waals surface area contributed by atoms with Crippen LogP contribution < -0.4 is 0 Å². The summed E-state index contributed by atoms with van der Waals surface area (Å²) in [6, 6.07) is 1.35. The van der Waals surface area contributed by atoms with Gasteiger partial charge in [0.25, 0.3) is 5.69 Å². The first kappa shape index (κ1) is 13.3. The zero-order valence-electron chi connectivity index (χ0n) is 6.62. The summed E-state index contributed by atoms with van der Waals surface area (Å²) in [7, 11) is 0. The molecule has 0 heterocycles. The second kappa shape index (κ2) is 5.23. The Kier molecular flexibility index (Phi) is 5.34. The first-order chi connectivity index (χ1) is 5.52. The van der Waals surface area contributed by atoms with Crippen molar-refractivity contribution in [1.29, 1.82) is 0 Å². The molecule has 1 radical (unpaired) electrons. The molecule has 1 aromatic rings. The molecule has 0 unspecified atom stereocenters. The van der Waals surface area contributed by atoms with Crippen molar-refractivity contribution in [3.8, 4) is 5.75 Å². The van der Waals surface area contributed by atoms with E-state index in [0.717, 1.165) is 6.07 Å². The van der Waals surface area contributed by atoms with Crippen molar-refractivity contribution in [2.45, 2.75) is 0 Å². The van der Waals surface area contributed by atoms with Crippen molar-refractivity contribution in [1.82, 2.24) is 0 Å². The number of nitro groups is 1. The predicted octanol–water partition coefficient (Wildman–Crippen LogP) is 1.71. The molecule has 1 rings (SSSR count). The number of nitrogens with zero attached hydrogens (tertiary/aromatic N) is 1. The van der Waals surface area contributed by atoms with Crippen LogP contribution >= 0.6 is 11.6 Å². The standard InChI is InChI=1S/C6H3ClFNO3.K/c7-3-1-6(10)4(8)2-5(3)9(11)12;/h1-2,10H;. The number of halogens is 2. The quantitative estimate of drug-likeness (QED) is 0.454. The van der Waals surface area contributed by atoms with Gasteiger partial charge in [-0.3, -0.25) is 10.1 Å². The Morgan fingerprint density at radius 1 is 1.54 bits per heavy atom. The molecule has 0 aliphatic carbocycles. The van der Waals surface area contributed by atoms with Crippen LogP contribution in [0.3, 0.4) is 0 Å². The van der Waals surface area contributed by atoms with Crippen LogP contribution in [0.1, 0.15) is 0 Å². The summed E-state index contributed by atoms with van der Waals surface area (Å²) in [5.74, 6) is -1.77. The van der Waals surface area contributed by atoms with E-state index < -0.39 is 22.2 Å². The van der Waals surface area contributed by atoms with Crippen LogP contribution in [0.5, 0.6) is 5.75 Å². The third-order valence-corrected chi connectivity index (χ3v) is 1.52. The fourth-order valence-corrected chi connectivity index (χ4v) is 0.893. The summed E-state index contributed by atoms with van der Waals surface area (Å²) in [5, 5.41) is 18.6. The number of phenols is 1. The Morgan fingerprint density at radius 2 is 2.08 bits per heavy atom. The molecule has 0 aliphatic heterocycles. The van der Waals surface area contributed by atoms with Crippen molar-refractivity contribution in [2.75, 3.05) is 0 Å². The molecule has 0 amide bonds. The van der Waals surface area contributed by atoms with E-state index in [9.17, 15) is 14.5 Å². The SMILES string of the molecule is O=[N+]([O-])c1cc(F)c(O)cc1Cl.[K]. The molecule has 1 N–H and O–H groups in total. The van der Waals surface area contributed by atoms with E-state index in [4.69, 9.17) is 16.7 Å². The van der Waals surface area contributed by atoms with E-state index >= 15 is 0 Å². The molecule has 65 valence electrons. The normalized spacial score (nSPS) is 9.08. The number of hydrogen-bond donors (Lipinski definition) is 1. The summed E-state index contributed by atoms with van der Waals surface area (Å²) in [6.07, 6.45) is 0. The molecule has 1 aromatic carbocycles. The maximum atomic E-state index is 12.5. The van der Waals surface area contributed by atoms with E-state index in [1.807, 2.05) is 0 Å². The molecule has 4 nitrogen and oxygen atoms in total. The van der Waals surface area contributed by atoms with Gasteiger partial charge in [0.1, 0.15) is 5.02 Å². The van der Waals surface area contributed by atoms with Gasteiger partial charge in [0, 0.05) is 57.5 Å². The molecular weight excluding hydrogens is 228 g/mol. The number of benzene rings is 1. The van der Waals surface area contributed by atoms with Crippen molar-refractivity contribution in [2.24, 2.45) is 0 Å². The van der Waals surface area contributed by atoms with Gasteiger partial charge in [-0.15, -0.1) is 0 Å². The van der Waals surface area contributed by atoms with Crippen molar-refractivity contribution in [3.63, 3.8) is 0 Å². The first-order valence-electron chi connectivity index (χ1n) is 2.85. The van der Waals surface area contributed by atoms with Crippen LogP contribution in [0, 0.1) is 15.9 Å². The van der Waals surface area contributed by atoms with Crippen LogP contribution in [-0.2, 0) is 0 Å². The van der Waals surface area contributed by atoms with E-state index in [0.29, 0.717) is 6.07 Å². The van der Waals surface area contributed by atoms with E-state index in [-0.39, 0.29) is 56.4 Å². The van der Waals surface area contributed by atoms with Crippen LogP contribution in [0.25, 0.3) is 0 Å². The van der Waals surface area contributed by atoms with Gasteiger partial charge in [0.2, 0.25) is 0 Å². The smallest absolute Gasteiger partial charge is 0.291 e. The minimum atomic E-state index is -1.06. The summed E-state index contributed by atoms with van der Waals surface area (Å²) >= 11 is 5.33. The summed E-state index contributed by atoms with van der Waals surface area (Å²) < 4.78 is 12.5. The maximum Gasteiger partial charge on any atom is 0.291 e. The molecule has 0 saturated heterocycles. The summed E-state index contributed by atoms with van der Waals surface area (Å²) in [5.41, 5.74) is -0.563. The number of aromatic hydroxyl groups is 1. The topological polar surface area (TPSA) is 63.4 Å². The third kappa shape index (κ3) is 3.15. The molecule has 7 heteroatoms. The van der Waals surface area contributed by atoms with Gasteiger partial charge in [0.15, 0.2) is 11.6 Å². The van der Waals surface area contributed by atoms with Crippen LogP contribution in [-0.4, -0.2) is 61.4 Å². The van der Waals surface area contributed by atoms with Crippen molar-refractivity contribution < 1.29 is 14.4 Å². The number of phenolic OH excluding ortho intramolecular Hbond substituents is 1. The number of rotatable bonds is 1. The molecule has 0 aliphatic rings. The second-order valence-electron chi connectivity index (χ2n) is 2.01. The van der Waals surface area contributed by atoms with E-state index in [1.165, 1.54) is 0 Å². The number of nitro benzene ring substituents is 1. The van der Waals surface area contributed by atoms with E-state index in [1.54, 1.807) is 0 Å². The Hall–Kier alpha value is 0.276. The number of hydrogen-bond acceptors (Lipinski definition) is 3. The predicted molar refractivity (Wildman–Crippen MR) is 45.5 cm³/mol. The Morgan fingerprint density at radius 3 is 2.54 bits per heavy atom. The second-order valence-corrected chi connectivity index (χ2v) is 2.42. The fraction of sp³-hybridized carbons (Fsp3) is 0. The van der Waals surface area contributed by atoms with Crippen LogP contribution in [0.4, 0.5) is 10.1 Å². The van der Waals surface area contributed by atoms with Crippen LogP contribution in [0.2, 0.25) is 5.02 Å². The molecule has 13 heavy (non-hydrogen) atoms. The van der Waals surface area contributed by atoms with Gasteiger partial charge in [-0.2, -0.15) is 0 Å². The monoisotopic (exact) mass is 230 g/mol. The minimum absolute atomic E-state index is 0. The molecule has 0 spiro atoms. The molecule has 0 fully saturated rings. The Balaban J connectivity index is 0.00000144. The molecule has 0 saturated carbocycles. The molecular formula is C6H3ClFKNO3. The summed E-state index contributed by atoms with van der Waals surface area (Å²) in [4.78, 5) is 9.33. The van der Waals surface area contributed by atoms with Crippen molar-refractivity contribution >= 4 is 68.7 Å². The summed E-state index contributed by atoms with van der Waals surface area (Å²) in [6.45, 7) is 0. The zero-order valence-corrected chi connectivity index (χ0v) is 10.5. The van der Waals surface area contributed by atoms with E-state index in [2.05, 4.69) is 0 Å². The Bertz CT molecular complexity index is 347. The van der Waals surface area contributed by atoms with Gasteiger partial charge >= 0.3 is 0 Å². The van der Waals surface area contributed by atoms with Gasteiger partial charge < -0.3 is 5.11 Å². The van der Waals surface area contributed by atoms with Gasteiger partial charge in [-0.1, -0.05) is 11.6 Å². The van der Waals surface area contributed by atoms with Gasteiger partial charge in [-0.25, -0.2) is 4.39 Å². The van der Waals surface area contributed by atoms with Gasteiger partial charge in [-0.05, 0) is 0 Å². The molecule has 0 atom stereocenters.